The summed E-state index contributed by atoms with van der Waals surface area (Å²) in [6, 6.07) is 5.11. The Bertz CT molecular complexity index is 314. The molecule has 15 heavy (non-hydrogen) atoms. The second-order valence-corrected chi connectivity index (χ2v) is 3.71. The molecule has 1 rings (SSSR count). The first-order valence-electron chi connectivity index (χ1n) is 5.32. The first-order chi connectivity index (χ1) is 7.17. The molecule has 3 N–H and O–H groups in total. The summed E-state index contributed by atoms with van der Waals surface area (Å²) in [5.41, 5.74) is 7.09. The summed E-state index contributed by atoms with van der Waals surface area (Å²) >= 11 is 0. The first kappa shape index (κ1) is 12.1. The summed E-state index contributed by atoms with van der Waals surface area (Å²) in [5.74, 6) is -0.152. The first-order valence-corrected chi connectivity index (χ1v) is 5.32. The van der Waals surface area contributed by atoms with Crippen LogP contribution in [0.15, 0.2) is 18.2 Å². The lowest BCUT2D eigenvalue weighted by atomic mass is 10.0. The molecule has 3 heteroatoms. The molecule has 0 aliphatic heterocycles. The molecule has 0 radical (unpaired) electrons. The van der Waals surface area contributed by atoms with Crippen molar-refractivity contribution in [2.75, 3.05) is 6.54 Å². The summed E-state index contributed by atoms with van der Waals surface area (Å²) in [4.78, 5) is 0. The Balaban J connectivity index is 2.62. The minimum atomic E-state index is -0.458. The van der Waals surface area contributed by atoms with Gasteiger partial charge in [0.2, 0.25) is 0 Å². The number of nitrogens with two attached hydrogens (primary N) is 1. The largest absolute Gasteiger partial charge is 0.392 e. The maximum Gasteiger partial charge on any atom is 0.126 e. The molecule has 2 nitrogen and oxygen atoms in total. The molecule has 0 aromatic heterocycles. The van der Waals surface area contributed by atoms with Gasteiger partial charge in [0.05, 0.1) is 6.10 Å². The third kappa shape index (κ3) is 3.61. The minimum Gasteiger partial charge on any atom is -0.392 e. The number of aryl methyl sites for hydroxylation is 2. The van der Waals surface area contributed by atoms with Crippen LogP contribution < -0.4 is 5.73 Å². The number of aliphatic hydroxyl groups is 1. The van der Waals surface area contributed by atoms with Gasteiger partial charge < -0.3 is 10.8 Å². The number of rotatable bonds is 5. The quantitative estimate of drug-likeness (QED) is 0.777. The Labute approximate surface area is 89.9 Å². The second-order valence-electron chi connectivity index (χ2n) is 3.71. The van der Waals surface area contributed by atoms with Crippen molar-refractivity contribution in [3.05, 3.63) is 35.1 Å². The van der Waals surface area contributed by atoms with Crippen LogP contribution in [0, 0.1) is 5.82 Å². The molecule has 0 heterocycles. The van der Waals surface area contributed by atoms with Gasteiger partial charge in [-0.25, -0.2) is 4.39 Å². The van der Waals surface area contributed by atoms with Gasteiger partial charge in [0.25, 0.3) is 0 Å². The Hall–Kier alpha value is -0.930. The van der Waals surface area contributed by atoms with Gasteiger partial charge in [-0.15, -0.1) is 0 Å². The van der Waals surface area contributed by atoms with E-state index in [0.29, 0.717) is 12.8 Å². The van der Waals surface area contributed by atoms with E-state index >= 15 is 0 Å². The van der Waals surface area contributed by atoms with Crippen molar-refractivity contribution in [2.45, 2.75) is 32.3 Å². The lowest BCUT2D eigenvalue weighted by Gasteiger charge is -2.08. The molecule has 84 valence electrons. The molecule has 1 aromatic carbocycles. The Morgan fingerprint density at radius 1 is 1.47 bits per heavy atom. The molecule has 0 amide bonds. The summed E-state index contributed by atoms with van der Waals surface area (Å²) in [7, 11) is 0. The van der Waals surface area contributed by atoms with E-state index in [4.69, 9.17) is 5.73 Å². The SMILES string of the molecule is CCc1cc(CC[C@H](O)CN)ccc1F. The molecular weight excluding hydrogens is 193 g/mol. The van der Waals surface area contributed by atoms with Crippen molar-refractivity contribution in [1.29, 1.82) is 0 Å². The maximum absolute atomic E-state index is 13.2. The third-order valence-electron chi connectivity index (χ3n) is 2.53. The van der Waals surface area contributed by atoms with Crippen LogP contribution >= 0.6 is 0 Å². The van der Waals surface area contributed by atoms with Crippen LogP contribution in [0.5, 0.6) is 0 Å². The predicted molar refractivity (Wildman–Crippen MR) is 59.2 cm³/mol. The molecule has 0 bridgehead atoms. The summed E-state index contributed by atoms with van der Waals surface area (Å²) in [5, 5.41) is 9.30. The Morgan fingerprint density at radius 3 is 2.80 bits per heavy atom. The molecule has 0 unspecified atom stereocenters. The highest BCUT2D eigenvalue weighted by Gasteiger charge is 2.04. The van der Waals surface area contributed by atoms with Gasteiger partial charge in [0.15, 0.2) is 0 Å². The van der Waals surface area contributed by atoms with Gasteiger partial charge in [0.1, 0.15) is 5.82 Å². The van der Waals surface area contributed by atoms with E-state index < -0.39 is 6.10 Å². The highest BCUT2D eigenvalue weighted by molar-refractivity contribution is 5.25. The number of aliphatic hydroxyl groups excluding tert-OH is 1. The van der Waals surface area contributed by atoms with E-state index in [2.05, 4.69) is 0 Å². The molecule has 0 aliphatic carbocycles. The summed E-state index contributed by atoms with van der Waals surface area (Å²) < 4.78 is 13.2. The third-order valence-corrected chi connectivity index (χ3v) is 2.53. The van der Waals surface area contributed by atoms with Gasteiger partial charge in [-0.3, -0.25) is 0 Å². The standard InChI is InChI=1S/C12H18FNO/c1-2-10-7-9(4-6-12(10)13)3-5-11(15)8-14/h4,6-7,11,15H,2-3,5,8,14H2,1H3/t11-/m0/s1. The van der Waals surface area contributed by atoms with Crippen LogP contribution in [0.4, 0.5) is 4.39 Å². The zero-order valence-corrected chi connectivity index (χ0v) is 9.04. The average Bonchev–Trinajstić information content (AvgIpc) is 2.27. The van der Waals surface area contributed by atoms with Gasteiger partial charge in [-0.2, -0.15) is 0 Å². The molecule has 0 saturated heterocycles. The van der Waals surface area contributed by atoms with Crippen LogP contribution in [0.3, 0.4) is 0 Å². The lowest BCUT2D eigenvalue weighted by Crippen LogP contribution is -2.20. The predicted octanol–water partition coefficient (Wildman–Crippen LogP) is 1.64. The van der Waals surface area contributed by atoms with E-state index in [1.54, 1.807) is 6.07 Å². The zero-order valence-electron chi connectivity index (χ0n) is 9.04. The Morgan fingerprint density at radius 2 is 2.20 bits per heavy atom. The fourth-order valence-corrected chi connectivity index (χ4v) is 1.51. The average molecular weight is 211 g/mol. The molecule has 0 aliphatic rings. The van der Waals surface area contributed by atoms with Crippen molar-refractivity contribution in [2.24, 2.45) is 5.73 Å². The monoisotopic (exact) mass is 211 g/mol. The van der Waals surface area contributed by atoms with E-state index in [0.717, 1.165) is 17.5 Å². The normalized spacial score (nSPS) is 12.8. The smallest absolute Gasteiger partial charge is 0.126 e. The van der Waals surface area contributed by atoms with E-state index in [-0.39, 0.29) is 12.4 Å². The van der Waals surface area contributed by atoms with E-state index in [1.807, 2.05) is 13.0 Å². The number of benzene rings is 1. The van der Waals surface area contributed by atoms with Crippen LogP contribution in [0.2, 0.25) is 0 Å². The number of halogens is 1. The number of hydrogen-bond donors (Lipinski definition) is 2. The number of hydrogen-bond acceptors (Lipinski definition) is 2. The highest BCUT2D eigenvalue weighted by Crippen LogP contribution is 2.13. The fourth-order valence-electron chi connectivity index (χ4n) is 1.51. The second kappa shape index (κ2) is 5.83. The van der Waals surface area contributed by atoms with Crippen molar-refractivity contribution in [3.8, 4) is 0 Å². The fraction of sp³-hybridized carbons (Fsp3) is 0.500. The van der Waals surface area contributed by atoms with Crippen LogP contribution in [-0.2, 0) is 12.8 Å². The molecule has 0 spiro atoms. The molecule has 1 atom stereocenters. The molecular formula is C12H18FNO. The topological polar surface area (TPSA) is 46.2 Å². The summed E-state index contributed by atoms with van der Waals surface area (Å²) in [6.07, 6.45) is 1.61. The molecule has 0 fully saturated rings. The highest BCUT2D eigenvalue weighted by atomic mass is 19.1. The van der Waals surface area contributed by atoms with Gasteiger partial charge in [-0.05, 0) is 36.5 Å². The van der Waals surface area contributed by atoms with Gasteiger partial charge in [0, 0.05) is 6.54 Å². The minimum absolute atomic E-state index is 0.152. The van der Waals surface area contributed by atoms with Gasteiger partial charge >= 0.3 is 0 Å². The van der Waals surface area contributed by atoms with E-state index in [9.17, 15) is 9.50 Å². The van der Waals surface area contributed by atoms with Crippen molar-refractivity contribution >= 4 is 0 Å². The zero-order chi connectivity index (χ0) is 11.3. The van der Waals surface area contributed by atoms with Crippen LogP contribution in [0.25, 0.3) is 0 Å². The van der Waals surface area contributed by atoms with Crippen LogP contribution in [-0.4, -0.2) is 17.8 Å². The maximum atomic E-state index is 13.2. The Kier molecular flexibility index (Phi) is 4.72. The van der Waals surface area contributed by atoms with Crippen molar-refractivity contribution in [1.82, 2.24) is 0 Å². The van der Waals surface area contributed by atoms with E-state index in [1.165, 1.54) is 6.07 Å². The lowest BCUT2D eigenvalue weighted by molar-refractivity contribution is 0.173. The summed E-state index contributed by atoms with van der Waals surface area (Å²) in [6.45, 7) is 2.21. The van der Waals surface area contributed by atoms with Crippen LogP contribution in [0.1, 0.15) is 24.5 Å². The molecule has 1 aromatic rings. The molecule has 0 saturated carbocycles. The van der Waals surface area contributed by atoms with Crippen molar-refractivity contribution < 1.29 is 9.50 Å². The van der Waals surface area contributed by atoms with Crippen molar-refractivity contribution in [3.63, 3.8) is 0 Å². The van der Waals surface area contributed by atoms with Gasteiger partial charge in [-0.1, -0.05) is 19.1 Å².